The number of carbonyl (C=O) groups excluding carboxylic acids is 1. The first kappa shape index (κ1) is 20.4. The van der Waals surface area contributed by atoms with Crippen LogP contribution in [0.2, 0.25) is 19.1 Å². The molecule has 0 saturated carbocycles. The van der Waals surface area contributed by atoms with Crippen LogP contribution in [0.5, 0.6) is 0 Å². The number of methoxy groups -OCH3 is 1. The highest BCUT2D eigenvalue weighted by atomic mass is 28.3. The number of aryl methyl sites for hydroxylation is 2. The fourth-order valence-electron chi connectivity index (χ4n) is 3.36. The molecule has 2 nitrogen and oxygen atoms in total. The van der Waals surface area contributed by atoms with Crippen LogP contribution >= 0.6 is 0 Å². The van der Waals surface area contributed by atoms with Crippen molar-refractivity contribution >= 4 is 19.2 Å². The number of esters is 1. The summed E-state index contributed by atoms with van der Waals surface area (Å²) in [4.78, 5) is 11.6. The molecule has 140 valence electrons. The predicted octanol–water partition coefficient (Wildman–Crippen LogP) is 4.89. The molecule has 1 atom stereocenters. The number of hydrogen-bond acceptors (Lipinski definition) is 2. The summed E-state index contributed by atoms with van der Waals surface area (Å²) in [5, 5.41) is 1.50. The molecular weight excluding hydrogens is 336 g/mol. The summed E-state index contributed by atoms with van der Waals surface area (Å²) in [5.74, 6) is -0.231. The fourth-order valence-corrected chi connectivity index (χ4v) is 5.78. The van der Waals surface area contributed by atoms with Crippen molar-refractivity contribution in [3.05, 3.63) is 65.2 Å². The van der Waals surface area contributed by atoms with Gasteiger partial charge in [0.05, 0.1) is 21.1 Å². The number of ether oxygens (including phenoxy) is 1. The minimum Gasteiger partial charge on any atom is -0.469 e. The van der Waals surface area contributed by atoms with Crippen molar-refractivity contribution in [1.82, 2.24) is 0 Å². The summed E-state index contributed by atoms with van der Waals surface area (Å²) in [6, 6.07) is 19.1. The quantitative estimate of drug-likeness (QED) is 0.489. The molecule has 0 bridgehead atoms. The highest BCUT2D eigenvalue weighted by Gasteiger charge is 2.23. The Morgan fingerprint density at radius 1 is 1.00 bits per heavy atom. The average Bonchev–Trinajstić information content (AvgIpc) is 2.63. The van der Waals surface area contributed by atoms with Gasteiger partial charge >= 0.3 is 5.97 Å². The molecule has 3 heteroatoms. The van der Waals surface area contributed by atoms with E-state index < -0.39 is 8.07 Å². The Labute approximate surface area is 159 Å². The van der Waals surface area contributed by atoms with E-state index in [-0.39, 0.29) is 11.9 Å². The second-order valence-corrected chi connectivity index (χ2v) is 12.9. The molecule has 1 unspecified atom stereocenters. The van der Waals surface area contributed by atoms with Crippen LogP contribution in [0, 0.1) is 12.8 Å². The smallest absolute Gasteiger partial charge is 0.308 e. The van der Waals surface area contributed by atoms with Crippen LogP contribution < -0.4 is 5.19 Å². The van der Waals surface area contributed by atoms with E-state index >= 15 is 0 Å². The van der Waals surface area contributed by atoms with Crippen molar-refractivity contribution in [2.75, 3.05) is 7.11 Å². The van der Waals surface area contributed by atoms with Gasteiger partial charge in [-0.25, -0.2) is 0 Å². The van der Waals surface area contributed by atoms with Gasteiger partial charge in [-0.15, -0.1) is 0 Å². The second-order valence-electron chi connectivity index (χ2n) is 8.05. The maximum atomic E-state index is 11.6. The van der Waals surface area contributed by atoms with Gasteiger partial charge in [0.25, 0.3) is 0 Å². The molecule has 2 aromatic rings. The SMILES string of the molecule is COC(=O)C(C)Cc1ccc([Si](C)(C)CCCc2ccc(C)cc2)cc1. The first-order chi connectivity index (χ1) is 12.3. The predicted molar refractivity (Wildman–Crippen MR) is 113 cm³/mol. The van der Waals surface area contributed by atoms with Gasteiger partial charge in [0.2, 0.25) is 0 Å². The fraction of sp³-hybridized carbons (Fsp3) is 0.435. The van der Waals surface area contributed by atoms with Crippen molar-refractivity contribution in [2.24, 2.45) is 5.92 Å². The number of rotatable bonds is 8. The second kappa shape index (κ2) is 9.18. The van der Waals surface area contributed by atoms with E-state index in [4.69, 9.17) is 4.74 Å². The maximum Gasteiger partial charge on any atom is 0.308 e. The van der Waals surface area contributed by atoms with Crippen molar-refractivity contribution in [1.29, 1.82) is 0 Å². The van der Waals surface area contributed by atoms with Gasteiger partial charge in [-0.3, -0.25) is 4.79 Å². The summed E-state index contributed by atoms with van der Waals surface area (Å²) < 4.78 is 4.82. The van der Waals surface area contributed by atoms with E-state index in [9.17, 15) is 4.79 Å². The van der Waals surface area contributed by atoms with Crippen molar-refractivity contribution < 1.29 is 9.53 Å². The molecule has 0 aliphatic carbocycles. The van der Waals surface area contributed by atoms with E-state index in [1.165, 1.54) is 41.5 Å². The zero-order valence-electron chi connectivity index (χ0n) is 16.8. The molecule has 0 saturated heterocycles. The minimum absolute atomic E-state index is 0.0920. The van der Waals surface area contributed by atoms with E-state index in [0.29, 0.717) is 0 Å². The molecule has 0 spiro atoms. The molecule has 2 aromatic carbocycles. The molecule has 0 aliphatic heterocycles. The molecule has 0 aromatic heterocycles. The van der Waals surface area contributed by atoms with Crippen LogP contribution in [0.25, 0.3) is 0 Å². The molecule has 26 heavy (non-hydrogen) atoms. The average molecular weight is 369 g/mol. The summed E-state index contributed by atoms with van der Waals surface area (Å²) >= 11 is 0. The summed E-state index contributed by atoms with van der Waals surface area (Å²) in [7, 11) is 0.0237. The third-order valence-corrected chi connectivity index (χ3v) is 8.77. The third-order valence-electron chi connectivity index (χ3n) is 5.27. The minimum atomic E-state index is -1.43. The van der Waals surface area contributed by atoms with E-state index in [1.54, 1.807) is 0 Å². The van der Waals surface area contributed by atoms with Crippen molar-refractivity contribution in [3.63, 3.8) is 0 Å². The molecule has 0 amide bonds. The van der Waals surface area contributed by atoms with Crippen LogP contribution in [-0.2, 0) is 22.4 Å². The lowest BCUT2D eigenvalue weighted by atomic mass is 10.0. The van der Waals surface area contributed by atoms with Gasteiger partial charge in [-0.05, 0) is 30.9 Å². The lowest BCUT2D eigenvalue weighted by Crippen LogP contribution is -2.41. The Morgan fingerprint density at radius 3 is 2.15 bits per heavy atom. The Balaban J connectivity index is 1.91. The molecule has 0 aliphatic rings. The largest absolute Gasteiger partial charge is 0.469 e. The monoisotopic (exact) mass is 368 g/mol. The molecular formula is C23H32O2Si. The van der Waals surface area contributed by atoms with Crippen LogP contribution in [-0.4, -0.2) is 21.2 Å². The van der Waals surface area contributed by atoms with Gasteiger partial charge in [0.15, 0.2) is 0 Å². The van der Waals surface area contributed by atoms with Gasteiger partial charge < -0.3 is 4.74 Å². The Bertz CT molecular complexity index is 702. The van der Waals surface area contributed by atoms with E-state index in [0.717, 1.165) is 12.8 Å². The van der Waals surface area contributed by atoms with Crippen molar-refractivity contribution in [3.8, 4) is 0 Å². The Hall–Kier alpha value is -1.87. The van der Waals surface area contributed by atoms with Crippen LogP contribution in [0.15, 0.2) is 48.5 Å². The van der Waals surface area contributed by atoms with Crippen LogP contribution in [0.1, 0.15) is 30.0 Å². The van der Waals surface area contributed by atoms with E-state index in [2.05, 4.69) is 68.5 Å². The van der Waals surface area contributed by atoms with Gasteiger partial charge in [-0.2, -0.15) is 0 Å². The molecule has 0 N–H and O–H groups in total. The molecule has 0 heterocycles. The number of benzene rings is 2. The van der Waals surface area contributed by atoms with Gasteiger partial charge in [0.1, 0.15) is 0 Å². The zero-order valence-corrected chi connectivity index (χ0v) is 17.8. The molecule has 0 radical (unpaired) electrons. The van der Waals surface area contributed by atoms with E-state index in [1.807, 2.05) is 6.92 Å². The highest BCUT2D eigenvalue weighted by Crippen LogP contribution is 2.17. The number of carbonyl (C=O) groups is 1. The normalized spacial score (nSPS) is 12.7. The topological polar surface area (TPSA) is 26.3 Å². The van der Waals surface area contributed by atoms with Crippen LogP contribution in [0.3, 0.4) is 0 Å². The number of hydrogen-bond donors (Lipinski definition) is 0. The lowest BCUT2D eigenvalue weighted by Gasteiger charge is -2.23. The third kappa shape index (κ3) is 5.84. The van der Waals surface area contributed by atoms with Gasteiger partial charge in [0, 0.05) is 0 Å². The first-order valence-corrected chi connectivity index (χ1v) is 12.8. The zero-order chi connectivity index (χ0) is 19.2. The Morgan fingerprint density at radius 2 is 1.58 bits per heavy atom. The first-order valence-electron chi connectivity index (χ1n) is 9.54. The summed E-state index contributed by atoms with van der Waals surface area (Å²) in [6.45, 7) is 8.96. The lowest BCUT2D eigenvalue weighted by molar-refractivity contribution is -0.144. The van der Waals surface area contributed by atoms with Gasteiger partial charge in [-0.1, -0.05) is 91.8 Å². The Kier molecular flexibility index (Phi) is 7.21. The standard InChI is InChI=1S/C23H32O2Si/c1-18-8-10-20(11-9-18)7-6-16-26(4,5)22-14-12-21(13-15-22)17-19(2)23(24)25-3/h8-15,19H,6-7,16-17H2,1-5H3. The molecule has 2 rings (SSSR count). The summed E-state index contributed by atoms with van der Waals surface area (Å²) in [6.07, 6.45) is 3.14. The summed E-state index contributed by atoms with van der Waals surface area (Å²) in [5.41, 5.74) is 3.97. The highest BCUT2D eigenvalue weighted by molar-refractivity contribution is 6.89. The maximum absolute atomic E-state index is 11.6. The molecule has 0 fully saturated rings. The van der Waals surface area contributed by atoms with Crippen molar-refractivity contribution in [2.45, 2.75) is 52.2 Å². The van der Waals surface area contributed by atoms with Crippen LogP contribution in [0.4, 0.5) is 0 Å².